The van der Waals surface area contributed by atoms with Gasteiger partial charge in [0, 0.05) is 11.1 Å². The number of carbonyl (C=O) groups excluding carboxylic acids is 2. The van der Waals surface area contributed by atoms with Gasteiger partial charge in [-0.2, -0.15) is 0 Å². The minimum Gasteiger partial charge on any atom is -0.289 e. The SMILES string of the molecule is O=C(C1=C(C(=O)c2ccccc2)C(c2ccccc2)N(Cc2ccccc2)N=N1)c1ccccc1. The lowest BCUT2D eigenvalue weighted by Crippen LogP contribution is -2.32. The van der Waals surface area contributed by atoms with Crippen molar-refractivity contribution in [3.8, 4) is 0 Å². The van der Waals surface area contributed by atoms with Gasteiger partial charge in [0.05, 0.1) is 12.1 Å². The molecule has 0 radical (unpaired) electrons. The Balaban J connectivity index is 1.69. The molecule has 0 saturated carbocycles. The third-order valence-corrected chi connectivity index (χ3v) is 5.92. The van der Waals surface area contributed by atoms with Crippen molar-refractivity contribution in [2.24, 2.45) is 10.3 Å². The Morgan fingerprint density at radius 1 is 0.629 bits per heavy atom. The van der Waals surface area contributed by atoms with Crippen LogP contribution in [0.5, 0.6) is 0 Å². The highest BCUT2D eigenvalue weighted by molar-refractivity contribution is 6.18. The lowest BCUT2D eigenvalue weighted by Gasteiger charge is -2.33. The molecule has 5 heteroatoms. The molecule has 0 amide bonds. The summed E-state index contributed by atoms with van der Waals surface area (Å²) < 4.78 is 0. The number of carbonyl (C=O) groups is 2. The van der Waals surface area contributed by atoms with Crippen molar-refractivity contribution in [3.05, 3.63) is 155 Å². The molecule has 0 saturated heterocycles. The molecule has 0 aromatic heterocycles. The Kier molecular flexibility index (Phi) is 6.39. The standard InChI is InChI=1S/C30H23N3O2/c34-29(24-17-9-3-10-18-24)26-27(30(35)25-19-11-4-12-20-25)31-32-33(21-22-13-5-1-6-14-22)28(26)23-15-7-2-8-16-23/h1-20,28H,21H2. The number of hydrogen-bond acceptors (Lipinski definition) is 5. The van der Waals surface area contributed by atoms with Crippen LogP contribution in [0.2, 0.25) is 0 Å². The Bertz CT molecular complexity index is 1380. The van der Waals surface area contributed by atoms with Crippen molar-refractivity contribution in [2.75, 3.05) is 0 Å². The number of nitrogens with zero attached hydrogens (tertiary/aromatic N) is 3. The molecule has 0 spiro atoms. The van der Waals surface area contributed by atoms with E-state index in [-0.39, 0.29) is 17.3 Å². The Morgan fingerprint density at radius 2 is 1.11 bits per heavy atom. The van der Waals surface area contributed by atoms with Gasteiger partial charge in [0.1, 0.15) is 11.7 Å². The van der Waals surface area contributed by atoms with Crippen molar-refractivity contribution in [1.29, 1.82) is 0 Å². The maximum Gasteiger partial charge on any atom is 0.213 e. The fourth-order valence-electron chi connectivity index (χ4n) is 4.22. The molecule has 1 unspecified atom stereocenters. The second-order valence-corrected chi connectivity index (χ2v) is 8.24. The van der Waals surface area contributed by atoms with E-state index >= 15 is 0 Å². The normalized spacial score (nSPS) is 15.2. The largest absolute Gasteiger partial charge is 0.289 e. The molecule has 5 rings (SSSR count). The highest BCUT2D eigenvalue weighted by Gasteiger charge is 2.37. The van der Waals surface area contributed by atoms with Gasteiger partial charge in [-0.25, -0.2) is 0 Å². The summed E-state index contributed by atoms with van der Waals surface area (Å²) >= 11 is 0. The molecular weight excluding hydrogens is 434 g/mol. The summed E-state index contributed by atoms with van der Waals surface area (Å²) in [5.74, 6) is -0.565. The van der Waals surface area contributed by atoms with E-state index in [2.05, 4.69) is 10.3 Å². The molecule has 1 aliphatic heterocycles. The molecule has 0 aliphatic carbocycles. The first kappa shape index (κ1) is 22.2. The van der Waals surface area contributed by atoms with Crippen molar-refractivity contribution in [3.63, 3.8) is 0 Å². The van der Waals surface area contributed by atoms with Crippen molar-refractivity contribution >= 4 is 11.6 Å². The van der Waals surface area contributed by atoms with E-state index in [1.807, 2.05) is 84.9 Å². The van der Waals surface area contributed by atoms with E-state index in [1.165, 1.54) is 0 Å². The molecule has 5 nitrogen and oxygen atoms in total. The zero-order valence-electron chi connectivity index (χ0n) is 19.0. The monoisotopic (exact) mass is 457 g/mol. The Labute approximate surface area is 204 Å². The molecule has 1 aliphatic rings. The molecule has 1 atom stereocenters. The molecule has 4 aromatic carbocycles. The molecule has 170 valence electrons. The van der Waals surface area contributed by atoms with Crippen LogP contribution in [-0.4, -0.2) is 16.6 Å². The van der Waals surface area contributed by atoms with Crippen LogP contribution in [-0.2, 0) is 6.54 Å². The van der Waals surface area contributed by atoms with Crippen LogP contribution < -0.4 is 0 Å². The number of Topliss-reactive ketones (excluding diaryl/α,β-unsaturated/α-hetero) is 2. The zero-order chi connectivity index (χ0) is 24.0. The van der Waals surface area contributed by atoms with E-state index < -0.39 is 6.04 Å². The molecule has 0 bridgehead atoms. The zero-order valence-corrected chi connectivity index (χ0v) is 19.0. The van der Waals surface area contributed by atoms with Crippen LogP contribution in [0.4, 0.5) is 0 Å². The molecule has 0 fully saturated rings. The smallest absolute Gasteiger partial charge is 0.213 e. The maximum atomic E-state index is 14.0. The molecule has 0 N–H and O–H groups in total. The first-order valence-electron chi connectivity index (χ1n) is 11.4. The van der Waals surface area contributed by atoms with Gasteiger partial charge in [0.25, 0.3) is 0 Å². The predicted octanol–water partition coefficient (Wildman–Crippen LogP) is 6.63. The van der Waals surface area contributed by atoms with Crippen molar-refractivity contribution in [2.45, 2.75) is 12.6 Å². The van der Waals surface area contributed by atoms with E-state index in [0.29, 0.717) is 23.2 Å². The summed E-state index contributed by atoms with van der Waals surface area (Å²) in [5.41, 5.74) is 3.24. The quantitative estimate of drug-likeness (QED) is 0.293. The molecule has 4 aromatic rings. The van der Waals surface area contributed by atoms with Crippen molar-refractivity contribution in [1.82, 2.24) is 5.01 Å². The predicted molar refractivity (Wildman–Crippen MR) is 135 cm³/mol. The molecule has 1 heterocycles. The maximum absolute atomic E-state index is 14.0. The first-order chi connectivity index (χ1) is 17.2. The highest BCUT2D eigenvalue weighted by atomic mass is 16.1. The van der Waals surface area contributed by atoms with E-state index in [0.717, 1.165) is 11.1 Å². The number of benzene rings is 4. The average Bonchev–Trinajstić information content (AvgIpc) is 2.94. The number of ketones is 2. The number of rotatable bonds is 7. The summed E-state index contributed by atoms with van der Waals surface area (Å²) in [6, 6.07) is 36.9. The van der Waals surface area contributed by atoms with E-state index in [4.69, 9.17) is 0 Å². The molecular formula is C30H23N3O2. The fraction of sp³-hybridized carbons (Fsp3) is 0.0667. The minimum atomic E-state index is -0.579. The van der Waals surface area contributed by atoms with Crippen LogP contribution in [0, 0.1) is 0 Å². The van der Waals surface area contributed by atoms with Crippen LogP contribution in [0.1, 0.15) is 37.9 Å². The van der Waals surface area contributed by atoms with Gasteiger partial charge in [0.15, 0.2) is 5.78 Å². The van der Waals surface area contributed by atoms with E-state index in [1.54, 1.807) is 41.4 Å². The van der Waals surface area contributed by atoms with Gasteiger partial charge in [-0.05, 0) is 11.1 Å². The van der Waals surface area contributed by atoms with Gasteiger partial charge in [0.2, 0.25) is 5.78 Å². The van der Waals surface area contributed by atoms with E-state index in [9.17, 15) is 9.59 Å². The van der Waals surface area contributed by atoms with Gasteiger partial charge >= 0.3 is 0 Å². The summed E-state index contributed by atoms with van der Waals surface area (Å²) in [5, 5.41) is 10.6. The second-order valence-electron chi connectivity index (χ2n) is 8.24. The summed E-state index contributed by atoms with van der Waals surface area (Å²) in [4.78, 5) is 27.6. The van der Waals surface area contributed by atoms with Crippen LogP contribution >= 0.6 is 0 Å². The van der Waals surface area contributed by atoms with Crippen LogP contribution in [0.3, 0.4) is 0 Å². The fourth-order valence-corrected chi connectivity index (χ4v) is 4.22. The van der Waals surface area contributed by atoms with Gasteiger partial charge in [-0.15, -0.1) is 5.11 Å². The number of allylic oxidation sites excluding steroid dienone is 1. The summed E-state index contributed by atoms with van der Waals surface area (Å²) in [6.07, 6.45) is 0. The Hall–Kier alpha value is -4.64. The molecule has 35 heavy (non-hydrogen) atoms. The lowest BCUT2D eigenvalue weighted by molar-refractivity contribution is 0.0947. The topological polar surface area (TPSA) is 62.1 Å². The van der Waals surface area contributed by atoms with Crippen molar-refractivity contribution < 1.29 is 9.59 Å². The van der Waals surface area contributed by atoms with Gasteiger partial charge < -0.3 is 0 Å². The van der Waals surface area contributed by atoms with Crippen LogP contribution in [0.15, 0.2) is 143 Å². The van der Waals surface area contributed by atoms with Gasteiger partial charge in [-0.3, -0.25) is 14.6 Å². The summed E-state index contributed by atoms with van der Waals surface area (Å²) in [6.45, 7) is 0.433. The lowest BCUT2D eigenvalue weighted by atomic mass is 9.87. The van der Waals surface area contributed by atoms with Gasteiger partial charge in [-0.1, -0.05) is 127 Å². The number of hydrogen-bond donors (Lipinski definition) is 0. The first-order valence-corrected chi connectivity index (χ1v) is 11.4. The Morgan fingerprint density at radius 3 is 1.69 bits per heavy atom. The van der Waals surface area contributed by atoms with Crippen LogP contribution in [0.25, 0.3) is 0 Å². The summed E-state index contributed by atoms with van der Waals surface area (Å²) in [7, 11) is 0. The minimum absolute atomic E-state index is 0.0724. The third-order valence-electron chi connectivity index (χ3n) is 5.92. The second kappa shape index (κ2) is 10.1. The average molecular weight is 458 g/mol. The highest BCUT2D eigenvalue weighted by Crippen LogP contribution is 2.39. The third kappa shape index (κ3) is 4.70.